The molecule has 0 aromatic rings. The average Bonchev–Trinajstić information content (AvgIpc) is 3.38. The number of piperidine rings is 1. The van der Waals surface area contributed by atoms with Crippen LogP contribution in [0.15, 0.2) is 47.6 Å². The summed E-state index contributed by atoms with van der Waals surface area (Å²) in [5, 5.41) is 42.5. The first-order chi connectivity index (χ1) is 35.0. The van der Waals surface area contributed by atoms with E-state index in [4.69, 9.17) is 28.4 Å². The van der Waals surface area contributed by atoms with Crippen LogP contribution in [0.25, 0.3) is 0 Å². The molecule has 0 spiro atoms. The molecule has 17 heteroatoms. The standard InChI is InChI=1S/C57H89NO16/c1-35-16-12-11-13-17-36(2)47(69-9)31-44-22-19-41(7)57(68,74-44)52(64)53(65)58-25-15-14-18-45(58)54(66)73-48(32-46(61)37(3)29-40(6)50(63)51(70-10)49(62)39(5)28-35)38(4)30-42-20-23-43(24-21-42)71-26-27-72-55(67)56(8,33-59)34-60/h11-13,16-17,29,35,37-39,41-45,47-48,50-51,59-60,63,68H,14-15,18-28,30-34H2,1-10H3/b13-11+,16-12-,36-17+,40-29+/t35-,37-,38-,39-,41-,42?,43?,44+,45+,47+,48+,50-,51+,57-/m1/s1. The summed E-state index contributed by atoms with van der Waals surface area (Å²) in [6.07, 6.45) is 12.9. The van der Waals surface area contributed by atoms with E-state index in [1.807, 2.05) is 51.2 Å². The first-order valence-corrected chi connectivity index (χ1v) is 27.0. The molecule has 0 unspecified atom stereocenters. The van der Waals surface area contributed by atoms with Crippen LogP contribution >= 0.6 is 0 Å². The number of methoxy groups -OCH3 is 2. The van der Waals surface area contributed by atoms with E-state index in [1.165, 1.54) is 18.9 Å². The number of fused-ring (bicyclic) bond motifs is 3. The van der Waals surface area contributed by atoms with Gasteiger partial charge in [0.2, 0.25) is 5.79 Å². The Kier molecular flexibility index (Phi) is 25.0. The molecule has 2 saturated heterocycles. The predicted molar refractivity (Wildman–Crippen MR) is 276 cm³/mol. The van der Waals surface area contributed by atoms with Crippen LogP contribution in [0.3, 0.4) is 0 Å². The van der Waals surface area contributed by atoms with Gasteiger partial charge in [-0.25, -0.2) is 4.79 Å². The summed E-state index contributed by atoms with van der Waals surface area (Å²) in [7, 11) is 2.94. The molecule has 3 heterocycles. The summed E-state index contributed by atoms with van der Waals surface area (Å²) in [6, 6.07) is -1.16. The molecular formula is C57H89NO16. The maximum atomic E-state index is 14.5. The van der Waals surface area contributed by atoms with Gasteiger partial charge in [-0.05, 0) is 120 Å². The minimum atomic E-state index is -2.45. The van der Waals surface area contributed by atoms with Crippen LogP contribution in [-0.2, 0) is 57.2 Å². The van der Waals surface area contributed by atoms with Crippen molar-refractivity contribution in [3.05, 3.63) is 47.6 Å². The minimum Gasteiger partial charge on any atom is -0.463 e. The van der Waals surface area contributed by atoms with Crippen LogP contribution in [0, 0.1) is 40.9 Å². The maximum absolute atomic E-state index is 14.5. The van der Waals surface area contributed by atoms with Crippen LogP contribution < -0.4 is 0 Å². The van der Waals surface area contributed by atoms with E-state index < -0.39 is 102 Å². The number of rotatable bonds is 12. The fourth-order valence-corrected chi connectivity index (χ4v) is 10.7. The van der Waals surface area contributed by atoms with Gasteiger partial charge in [-0.1, -0.05) is 71.1 Å². The van der Waals surface area contributed by atoms with Crippen molar-refractivity contribution in [2.45, 2.75) is 187 Å². The number of nitrogens with zero attached hydrogens (tertiary/aromatic N) is 1. The minimum absolute atomic E-state index is 0.00319. The number of amides is 1. The number of aliphatic hydroxyl groups is 4. The molecule has 1 amide bonds. The monoisotopic (exact) mass is 1040 g/mol. The second-order valence-corrected chi connectivity index (χ2v) is 22.1. The van der Waals surface area contributed by atoms with E-state index in [0.717, 1.165) is 18.4 Å². The number of allylic oxidation sites excluding steroid dienone is 6. The first kappa shape index (κ1) is 62.6. The number of carbonyl (C=O) groups is 6. The van der Waals surface area contributed by atoms with Crippen LogP contribution in [0.1, 0.15) is 139 Å². The molecule has 3 fully saturated rings. The number of aliphatic hydroxyl groups excluding tert-OH is 3. The van der Waals surface area contributed by atoms with Gasteiger partial charge in [0.1, 0.15) is 42.2 Å². The second kappa shape index (κ2) is 29.5. The van der Waals surface area contributed by atoms with Gasteiger partial charge in [-0.15, -0.1) is 0 Å². The number of hydrogen-bond donors (Lipinski definition) is 4. The van der Waals surface area contributed by atoms with Crippen LogP contribution in [0.2, 0.25) is 0 Å². The van der Waals surface area contributed by atoms with Gasteiger partial charge in [-0.3, -0.25) is 24.0 Å². The molecule has 0 radical (unpaired) electrons. The number of esters is 2. The van der Waals surface area contributed by atoms with Crippen LogP contribution in [0.5, 0.6) is 0 Å². The van der Waals surface area contributed by atoms with Crippen molar-refractivity contribution in [1.82, 2.24) is 4.90 Å². The van der Waals surface area contributed by atoms with Gasteiger partial charge in [0.05, 0.1) is 38.1 Å². The second-order valence-electron chi connectivity index (χ2n) is 22.1. The number of hydrogen-bond acceptors (Lipinski definition) is 16. The molecule has 4 aliphatic rings. The summed E-state index contributed by atoms with van der Waals surface area (Å²) in [5.41, 5.74) is -0.158. The predicted octanol–water partition coefficient (Wildman–Crippen LogP) is 6.11. The van der Waals surface area contributed by atoms with Crippen molar-refractivity contribution < 1.29 is 77.6 Å². The van der Waals surface area contributed by atoms with Crippen molar-refractivity contribution in [3.8, 4) is 0 Å². The van der Waals surface area contributed by atoms with Crippen molar-refractivity contribution >= 4 is 35.2 Å². The third kappa shape index (κ3) is 17.0. The highest BCUT2D eigenvalue weighted by molar-refractivity contribution is 6.39. The van der Waals surface area contributed by atoms with Gasteiger partial charge in [-0.2, -0.15) is 0 Å². The molecular weight excluding hydrogens is 955 g/mol. The summed E-state index contributed by atoms with van der Waals surface area (Å²) >= 11 is 0. The molecule has 74 heavy (non-hydrogen) atoms. The van der Waals surface area contributed by atoms with Gasteiger partial charge < -0.3 is 53.7 Å². The van der Waals surface area contributed by atoms with Crippen molar-refractivity contribution in [1.29, 1.82) is 0 Å². The molecule has 12 atom stereocenters. The van der Waals surface area contributed by atoms with Gasteiger partial charge in [0.25, 0.3) is 11.7 Å². The fraction of sp³-hybridized carbons (Fsp3) is 0.754. The Balaban J connectivity index is 1.61. The lowest BCUT2D eigenvalue weighted by atomic mass is 9.79. The normalized spacial score (nSPS) is 36.1. The van der Waals surface area contributed by atoms with E-state index in [2.05, 4.69) is 0 Å². The zero-order chi connectivity index (χ0) is 54.9. The number of carbonyl (C=O) groups excluding carboxylic acids is 6. The van der Waals surface area contributed by atoms with E-state index in [0.29, 0.717) is 63.4 Å². The fourth-order valence-electron chi connectivity index (χ4n) is 10.7. The first-order valence-electron chi connectivity index (χ1n) is 27.0. The molecule has 4 N–H and O–H groups in total. The van der Waals surface area contributed by atoms with Crippen molar-refractivity contribution in [2.24, 2.45) is 40.9 Å². The molecule has 4 rings (SSSR count). The third-order valence-electron chi connectivity index (χ3n) is 16.0. The highest BCUT2D eigenvalue weighted by Gasteiger charge is 2.53. The number of Topliss-reactive ketones (excluding diaryl/α,β-unsaturated/α-hetero) is 3. The SMILES string of the molecule is CO[C@H]1C[C@@H]2CC[C@@H](C)[C@@](O)(O2)C(=O)C(=O)N2CCCC[C@H]2C(=O)O[C@H]([C@H](C)CC2CCC(OCCOC(=O)C(C)(CO)CO)CC2)CC(=O)[C@H](C)/C=C(\C)[C@@H](O)[C@@H](OC)C(=O)[C@H](C)C[C@H](C)\C=C/C=C/C=C/1C. The summed E-state index contributed by atoms with van der Waals surface area (Å²) in [4.78, 5) is 84.6. The molecule has 17 nitrogen and oxygen atoms in total. The van der Waals surface area contributed by atoms with Gasteiger partial charge in [0, 0.05) is 51.4 Å². The Morgan fingerprint density at radius 1 is 0.878 bits per heavy atom. The lowest BCUT2D eigenvalue weighted by Gasteiger charge is -2.42. The average molecular weight is 1040 g/mol. The molecule has 0 aromatic carbocycles. The smallest absolute Gasteiger partial charge is 0.329 e. The van der Waals surface area contributed by atoms with E-state index in [1.54, 1.807) is 40.9 Å². The molecule has 3 aliphatic heterocycles. The zero-order valence-corrected chi connectivity index (χ0v) is 45.8. The zero-order valence-electron chi connectivity index (χ0n) is 45.8. The Morgan fingerprint density at radius 2 is 1.57 bits per heavy atom. The van der Waals surface area contributed by atoms with E-state index in [-0.39, 0.29) is 68.0 Å². The van der Waals surface area contributed by atoms with Gasteiger partial charge in [0.15, 0.2) is 5.78 Å². The summed E-state index contributed by atoms with van der Waals surface area (Å²) in [6.45, 7) is 13.1. The molecule has 1 aliphatic carbocycles. The van der Waals surface area contributed by atoms with Crippen molar-refractivity contribution in [3.63, 3.8) is 0 Å². The Hall–Kier alpha value is -3.94. The Morgan fingerprint density at radius 3 is 2.22 bits per heavy atom. The molecule has 2 bridgehead atoms. The highest BCUT2D eigenvalue weighted by atomic mass is 16.6. The number of ketones is 3. The molecule has 0 aromatic heterocycles. The van der Waals surface area contributed by atoms with E-state index in [9.17, 15) is 49.2 Å². The quantitative estimate of drug-likeness (QED) is 0.0746. The topological polar surface area (TPSA) is 242 Å². The molecule has 418 valence electrons. The highest BCUT2D eigenvalue weighted by Crippen LogP contribution is 2.38. The number of cyclic esters (lactones) is 1. The summed E-state index contributed by atoms with van der Waals surface area (Å²) < 4.78 is 35.2. The number of ether oxygens (including phenoxy) is 6. The largest absolute Gasteiger partial charge is 0.463 e. The van der Waals surface area contributed by atoms with Crippen molar-refractivity contribution in [2.75, 3.05) is 47.2 Å². The third-order valence-corrected chi connectivity index (χ3v) is 16.0. The Labute approximate surface area is 439 Å². The Bertz CT molecular complexity index is 2000. The summed E-state index contributed by atoms with van der Waals surface area (Å²) in [5.74, 6) is -8.77. The van der Waals surface area contributed by atoms with Crippen LogP contribution in [0.4, 0.5) is 0 Å². The lowest BCUT2D eigenvalue weighted by molar-refractivity contribution is -0.265. The van der Waals surface area contributed by atoms with Gasteiger partial charge >= 0.3 is 11.9 Å². The lowest BCUT2D eigenvalue weighted by Crippen LogP contribution is -2.61. The maximum Gasteiger partial charge on any atom is 0.329 e. The molecule has 1 saturated carbocycles. The van der Waals surface area contributed by atoms with Crippen LogP contribution in [-0.4, -0.2) is 156 Å². The van der Waals surface area contributed by atoms with E-state index >= 15 is 0 Å².